The zero-order valence-corrected chi connectivity index (χ0v) is 10.6. The lowest BCUT2D eigenvalue weighted by Gasteiger charge is -2.08. The molecule has 1 atom stereocenters. The van der Waals surface area contributed by atoms with E-state index in [9.17, 15) is 4.79 Å². The average molecular weight is 257 g/mol. The fourth-order valence-corrected chi connectivity index (χ4v) is 1.85. The van der Waals surface area contributed by atoms with E-state index in [2.05, 4.69) is 11.2 Å². The number of aliphatic hydroxyl groups is 1. The van der Waals surface area contributed by atoms with Crippen LogP contribution in [0.2, 0.25) is 0 Å². The molecule has 0 saturated heterocycles. The number of carbonyl (C=O) groups excluding carboxylic acids is 1. The number of nitrogens with one attached hydrogen (secondary N) is 1. The van der Waals surface area contributed by atoms with Crippen molar-refractivity contribution in [2.75, 3.05) is 6.61 Å². The second-order valence-electron chi connectivity index (χ2n) is 4.21. The van der Waals surface area contributed by atoms with Gasteiger partial charge in [-0.2, -0.15) is 0 Å². The topological polar surface area (TPSA) is 62.5 Å². The Balaban J connectivity index is 2.34. The molecule has 0 aliphatic carbocycles. The summed E-state index contributed by atoms with van der Waals surface area (Å²) in [5.41, 5.74) is 2.21. The molecule has 4 heteroatoms. The molecule has 2 aromatic rings. The van der Waals surface area contributed by atoms with Gasteiger partial charge in [0.15, 0.2) is 0 Å². The molecule has 1 aromatic heterocycles. The van der Waals surface area contributed by atoms with Crippen LogP contribution < -0.4 is 5.32 Å². The van der Waals surface area contributed by atoms with Crippen LogP contribution in [0, 0.1) is 12.3 Å². The Morgan fingerprint density at radius 1 is 1.58 bits per heavy atom. The van der Waals surface area contributed by atoms with Crippen molar-refractivity contribution >= 4 is 16.9 Å². The second-order valence-corrected chi connectivity index (χ2v) is 4.21. The maximum atomic E-state index is 12.1. The predicted octanol–water partition coefficient (Wildman–Crippen LogP) is 1.72. The number of hydrogen-bond acceptors (Lipinski definition) is 3. The lowest BCUT2D eigenvalue weighted by atomic mass is 10.1. The molecule has 98 valence electrons. The Kier molecular flexibility index (Phi) is 3.88. The van der Waals surface area contributed by atoms with Crippen molar-refractivity contribution in [2.24, 2.45) is 0 Å². The van der Waals surface area contributed by atoms with Crippen LogP contribution in [0.4, 0.5) is 0 Å². The van der Waals surface area contributed by atoms with Crippen molar-refractivity contribution in [2.45, 2.75) is 19.4 Å². The molecule has 19 heavy (non-hydrogen) atoms. The Morgan fingerprint density at radius 2 is 2.37 bits per heavy atom. The smallest absolute Gasteiger partial charge is 0.256 e. The van der Waals surface area contributed by atoms with Crippen LogP contribution in [0.15, 0.2) is 28.9 Å². The Bertz CT molecular complexity index is 636. The predicted molar refractivity (Wildman–Crippen MR) is 72.8 cm³/mol. The molecule has 0 spiro atoms. The minimum absolute atomic E-state index is 0.293. The normalized spacial score (nSPS) is 12.1. The molecule has 0 saturated carbocycles. The Morgan fingerprint density at radius 3 is 3.00 bits per heavy atom. The molecule has 2 N–H and O–H groups in total. The van der Waals surface area contributed by atoms with E-state index in [4.69, 9.17) is 15.9 Å². The van der Waals surface area contributed by atoms with Crippen LogP contribution >= 0.6 is 0 Å². The van der Waals surface area contributed by atoms with Gasteiger partial charge in [-0.15, -0.1) is 6.42 Å². The van der Waals surface area contributed by atoms with Crippen LogP contribution in [-0.4, -0.2) is 23.7 Å². The number of aliphatic hydroxyl groups excluding tert-OH is 1. The van der Waals surface area contributed by atoms with Crippen LogP contribution in [0.1, 0.15) is 22.8 Å². The third kappa shape index (κ3) is 2.61. The van der Waals surface area contributed by atoms with Gasteiger partial charge in [0.1, 0.15) is 17.9 Å². The zero-order valence-electron chi connectivity index (χ0n) is 10.6. The van der Waals surface area contributed by atoms with Gasteiger partial charge >= 0.3 is 0 Å². The molecular weight excluding hydrogens is 242 g/mol. The first-order chi connectivity index (χ1) is 9.19. The monoisotopic (exact) mass is 257 g/mol. The molecule has 1 amide bonds. The van der Waals surface area contributed by atoms with Gasteiger partial charge in [-0.25, -0.2) is 0 Å². The molecular formula is C15H15NO3. The van der Waals surface area contributed by atoms with Gasteiger partial charge in [-0.3, -0.25) is 4.79 Å². The number of terminal acetylenes is 1. The summed E-state index contributed by atoms with van der Waals surface area (Å²) in [4.78, 5) is 12.1. The van der Waals surface area contributed by atoms with Gasteiger partial charge in [-0.05, 0) is 24.1 Å². The summed E-state index contributed by atoms with van der Waals surface area (Å²) >= 11 is 0. The van der Waals surface area contributed by atoms with E-state index in [-0.39, 0.29) is 12.5 Å². The van der Waals surface area contributed by atoms with E-state index in [1.54, 1.807) is 0 Å². The highest BCUT2D eigenvalue weighted by Gasteiger charge is 2.16. The van der Waals surface area contributed by atoms with E-state index < -0.39 is 6.04 Å². The first kappa shape index (κ1) is 13.2. The number of furan rings is 1. The van der Waals surface area contributed by atoms with Crippen LogP contribution in [0.25, 0.3) is 11.0 Å². The van der Waals surface area contributed by atoms with Crippen LogP contribution in [0.5, 0.6) is 0 Å². The number of fused-ring (bicyclic) bond motifs is 1. The molecule has 0 radical (unpaired) electrons. The van der Waals surface area contributed by atoms with Gasteiger partial charge in [0, 0.05) is 5.39 Å². The third-order valence-electron chi connectivity index (χ3n) is 2.98. The quantitative estimate of drug-likeness (QED) is 0.820. The zero-order chi connectivity index (χ0) is 13.8. The number of carbonyl (C=O) groups is 1. The van der Waals surface area contributed by atoms with Crippen molar-refractivity contribution < 1.29 is 14.3 Å². The number of hydrogen-bond donors (Lipinski definition) is 2. The Labute approximate surface area is 111 Å². The lowest BCUT2D eigenvalue weighted by Crippen LogP contribution is -2.36. The molecule has 0 fully saturated rings. The van der Waals surface area contributed by atoms with Gasteiger partial charge in [0.05, 0.1) is 12.2 Å². The maximum absolute atomic E-state index is 12.1. The Hall–Kier alpha value is -2.25. The van der Waals surface area contributed by atoms with Crippen molar-refractivity contribution in [3.05, 3.63) is 35.6 Å². The molecule has 0 aliphatic heterocycles. The average Bonchev–Trinajstić information content (AvgIpc) is 2.87. The number of benzene rings is 1. The number of rotatable bonds is 4. The SMILES string of the molecule is C#CC(CO)NC(=O)c1coc2ccc(CC)cc12. The van der Waals surface area contributed by atoms with Crippen molar-refractivity contribution in [1.29, 1.82) is 0 Å². The summed E-state index contributed by atoms with van der Waals surface area (Å²) in [5, 5.41) is 12.3. The van der Waals surface area contributed by atoms with Gasteiger partial charge in [0.2, 0.25) is 0 Å². The molecule has 0 bridgehead atoms. The highest BCUT2D eigenvalue weighted by Crippen LogP contribution is 2.22. The van der Waals surface area contributed by atoms with E-state index in [0.29, 0.717) is 11.1 Å². The van der Waals surface area contributed by atoms with Crippen LogP contribution in [0.3, 0.4) is 0 Å². The summed E-state index contributed by atoms with van der Waals surface area (Å²) in [6, 6.07) is 5.05. The second kappa shape index (κ2) is 5.59. The summed E-state index contributed by atoms with van der Waals surface area (Å²) in [5.74, 6) is 1.96. The number of aryl methyl sites for hydroxylation is 1. The van der Waals surface area contributed by atoms with Gasteiger partial charge < -0.3 is 14.8 Å². The first-order valence-corrected chi connectivity index (χ1v) is 6.07. The van der Waals surface area contributed by atoms with E-state index in [1.807, 2.05) is 25.1 Å². The molecule has 1 aromatic carbocycles. The minimum atomic E-state index is -0.688. The lowest BCUT2D eigenvalue weighted by molar-refractivity contribution is 0.0932. The minimum Gasteiger partial charge on any atom is -0.463 e. The maximum Gasteiger partial charge on any atom is 0.256 e. The molecule has 4 nitrogen and oxygen atoms in total. The van der Waals surface area contributed by atoms with Crippen LogP contribution in [-0.2, 0) is 6.42 Å². The van der Waals surface area contributed by atoms with Crippen molar-refractivity contribution in [3.8, 4) is 12.3 Å². The molecule has 0 aliphatic rings. The fraction of sp³-hybridized carbons (Fsp3) is 0.267. The van der Waals surface area contributed by atoms with Gasteiger partial charge in [0.25, 0.3) is 5.91 Å². The summed E-state index contributed by atoms with van der Waals surface area (Å²) in [6.45, 7) is 1.75. The molecule has 1 unspecified atom stereocenters. The summed E-state index contributed by atoms with van der Waals surface area (Å²) in [6.07, 6.45) is 7.48. The number of amides is 1. The van der Waals surface area contributed by atoms with Gasteiger partial charge in [-0.1, -0.05) is 18.9 Å². The molecule has 1 heterocycles. The highest BCUT2D eigenvalue weighted by molar-refractivity contribution is 6.06. The largest absolute Gasteiger partial charge is 0.463 e. The van der Waals surface area contributed by atoms with Crippen molar-refractivity contribution in [3.63, 3.8) is 0 Å². The third-order valence-corrected chi connectivity index (χ3v) is 2.98. The molecule has 2 rings (SSSR count). The first-order valence-electron chi connectivity index (χ1n) is 6.07. The van der Waals surface area contributed by atoms with E-state index >= 15 is 0 Å². The summed E-state index contributed by atoms with van der Waals surface area (Å²) in [7, 11) is 0. The van der Waals surface area contributed by atoms with Crippen molar-refractivity contribution in [1.82, 2.24) is 5.32 Å². The fourth-order valence-electron chi connectivity index (χ4n) is 1.85. The van der Waals surface area contributed by atoms with E-state index in [1.165, 1.54) is 6.26 Å². The van der Waals surface area contributed by atoms with E-state index in [0.717, 1.165) is 17.4 Å². The highest BCUT2D eigenvalue weighted by atomic mass is 16.3. The standard InChI is InChI=1S/C15H15NO3/c1-3-10-5-6-14-12(7-10)13(9-19-14)15(18)16-11(4-2)8-17/h2,5-7,9,11,17H,3,8H2,1H3,(H,16,18). The summed E-state index contributed by atoms with van der Waals surface area (Å²) < 4.78 is 5.34.